The first kappa shape index (κ1) is 28.6. The number of hydrogen-bond acceptors (Lipinski definition) is 6. The van der Waals surface area contributed by atoms with E-state index in [1.165, 1.54) is 0 Å². The largest absolute Gasteiger partial charge is 0.477 e. The first-order valence-corrected chi connectivity index (χ1v) is 14.0. The van der Waals surface area contributed by atoms with Crippen LogP contribution in [0.1, 0.15) is 81.8 Å². The number of aromatic amines is 2. The van der Waals surface area contributed by atoms with E-state index in [0.717, 1.165) is 46.4 Å². The number of fused-ring (bicyclic) bond motifs is 1. The molecule has 0 bridgehead atoms. The lowest BCUT2D eigenvalue weighted by molar-refractivity contribution is -0.129. The number of imidazole rings is 2. The molecule has 3 heterocycles. The maximum Gasteiger partial charge on any atom is 0.410 e. The second-order valence-electron chi connectivity index (χ2n) is 11.4. The Labute approximate surface area is 244 Å². The Morgan fingerprint density at radius 3 is 2.57 bits per heavy atom. The number of ether oxygens (including phenoxy) is 1. The third-order valence-corrected chi connectivity index (χ3v) is 7.17. The number of carboxylic acids is 1. The fourth-order valence-electron chi connectivity index (χ4n) is 5.10. The molecule has 4 N–H and O–H groups in total. The Morgan fingerprint density at radius 2 is 1.88 bits per heavy atom. The van der Waals surface area contributed by atoms with Crippen molar-refractivity contribution in [1.29, 1.82) is 5.41 Å². The van der Waals surface area contributed by atoms with Crippen molar-refractivity contribution in [3.05, 3.63) is 71.6 Å². The number of H-pyrrole nitrogens is 2. The number of carbonyl (C=O) groups excluding carboxylic acids is 1. The highest BCUT2D eigenvalue weighted by Gasteiger charge is 2.35. The molecule has 0 unspecified atom stereocenters. The van der Waals surface area contributed by atoms with E-state index in [0.29, 0.717) is 24.5 Å². The molecule has 0 saturated carbocycles. The summed E-state index contributed by atoms with van der Waals surface area (Å²) in [4.78, 5) is 41.2. The topological polar surface area (TPSA) is 148 Å². The van der Waals surface area contributed by atoms with Gasteiger partial charge in [0.05, 0.1) is 29.2 Å². The minimum atomic E-state index is -1.25. The molecule has 10 nitrogen and oxygen atoms in total. The Hall–Kier alpha value is -4.91. The van der Waals surface area contributed by atoms with Crippen LogP contribution in [-0.4, -0.2) is 59.9 Å². The number of aliphatic carboxylic acids is 1. The number of aromatic nitrogens is 4. The van der Waals surface area contributed by atoms with Gasteiger partial charge in [-0.1, -0.05) is 31.0 Å². The van der Waals surface area contributed by atoms with E-state index in [9.17, 15) is 9.59 Å². The number of carbonyl (C=O) groups is 2. The summed E-state index contributed by atoms with van der Waals surface area (Å²) >= 11 is 0. The third kappa shape index (κ3) is 6.20. The molecule has 4 aromatic rings. The highest BCUT2D eigenvalue weighted by Crippen LogP contribution is 2.33. The molecule has 1 amide bonds. The highest BCUT2D eigenvalue weighted by atomic mass is 16.6. The summed E-state index contributed by atoms with van der Waals surface area (Å²) in [6, 6.07) is 13.8. The second-order valence-corrected chi connectivity index (χ2v) is 11.4. The van der Waals surface area contributed by atoms with E-state index in [1.807, 2.05) is 64.1 Å². The molecule has 0 aliphatic carbocycles. The van der Waals surface area contributed by atoms with Crippen molar-refractivity contribution in [3.63, 3.8) is 0 Å². The minimum absolute atomic E-state index is 0.142. The monoisotopic (exact) mass is 566 g/mol. The number of benzene rings is 2. The number of nitrogens with one attached hydrogen (secondary N) is 3. The number of hydrogen-bond donors (Lipinski definition) is 4. The number of amides is 1. The molecule has 10 heteroatoms. The predicted octanol–water partition coefficient (Wildman–Crippen LogP) is 6.02. The van der Waals surface area contributed by atoms with Gasteiger partial charge in [-0.25, -0.2) is 19.6 Å². The van der Waals surface area contributed by atoms with E-state index in [1.54, 1.807) is 11.1 Å². The smallest absolute Gasteiger partial charge is 0.410 e. The van der Waals surface area contributed by atoms with Crippen molar-refractivity contribution in [2.24, 2.45) is 0 Å². The second kappa shape index (κ2) is 11.5. The maximum absolute atomic E-state index is 12.8. The molecule has 1 aliphatic rings. The van der Waals surface area contributed by atoms with Crippen molar-refractivity contribution in [1.82, 2.24) is 24.8 Å². The highest BCUT2D eigenvalue weighted by molar-refractivity contribution is 6.36. The lowest BCUT2D eigenvalue weighted by Crippen LogP contribution is -2.36. The van der Waals surface area contributed by atoms with Crippen LogP contribution >= 0.6 is 0 Å². The van der Waals surface area contributed by atoms with Gasteiger partial charge in [-0.15, -0.1) is 0 Å². The molecular weight excluding hydrogens is 532 g/mol. The van der Waals surface area contributed by atoms with Crippen LogP contribution in [0.4, 0.5) is 4.79 Å². The summed E-state index contributed by atoms with van der Waals surface area (Å²) in [7, 11) is 0. The lowest BCUT2D eigenvalue weighted by atomic mass is 10.00. The number of nitrogens with zero attached hydrogens (tertiary/aromatic N) is 3. The quantitative estimate of drug-likeness (QED) is 0.166. The zero-order chi connectivity index (χ0) is 30.0. The minimum Gasteiger partial charge on any atom is -0.477 e. The fourth-order valence-corrected chi connectivity index (χ4v) is 5.10. The van der Waals surface area contributed by atoms with Crippen molar-refractivity contribution in [3.8, 4) is 23.0 Å². The van der Waals surface area contributed by atoms with Crippen LogP contribution < -0.4 is 0 Å². The van der Waals surface area contributed by atoms with E-state index < -0.39 is 23.2 Å². The average Bonchev–Trinajstić information content (AvgIpc) is 3.71. The van der Waals surface area contributed by atoms with E-state index in [4.69, 9.17) is 20.2 Å². The Balaban J connectivity index is 1.30. The van der Waals surface area contributed by atoms with E-state index >= 15 is 0 Å². The van der Waals surface area contributed by atoms with Gasteiger partial charge < -0.3 is 19.8 Å². The predicted molar refractivity (Wildman–Crippen MR) is 159 cm³/mol. The van der Waals surface area contributed by atoms with Crippen molar-refractivity contribution in [2.45, 2.75) is 64.5 Å². The Bertz CT molecular complexity index is 1700. The molecule has 2 aromatic heterocycles. The van der Waals surface area contributed by atoms with Crippen LogP contribution in [0.5, 0.6) is 0 Å². The van der Waals surface area contributed by atoms with Crippen LogP contribution in [0.2, 0.25) is 0 Å². The molecule has 1 fully saturated rings. The zero-order valence-electron chi connectivity index (χ0n) is 24.1. The third-order valence-electron chi connectivity index (χ3n) is 7.17. The SMILES string of the molecule is CC[C@@H](C(=N)C(=O)O)c1ncc(C#Cc2ccc(-c3ccc4nc([C@@H]5CCCN5C(=O)OC(C)(C)C)[nH]c4c3)cc2)[nH]1. The molecular formula is C32H34N6O4. The van der Waals surface area contributed by atoms with Crippen LogP contribution in [0.15, 0.2) is 48.7 Å². The number of carboxylic acid groups (broad SMARTS) is 1. The average molecular weight is 567 g/mol. The van der Waals surface area contributed by atoms with E-state index in [-0.39, 0.29) is 12.1 Å². The summed E-state index contributed by atoms with van der Waals surface area (Å²) < 4.78 is 5.61. The first-order valence-electron chi connectivity index (χ1n) is 14.0. The standard InChI is InChI=1S/C32H34N6O4/c1-5-23(27(33)30(39)40)28-34-18-22(35-28)14-10-19-8-11-20(12-9-19)21-13-15-24-25(17-21)37-29(36-24)26-7-6-16-38(26)31(41)42-32(2,3)4/h8-9,11-13,15,17-18,23,26,33H,5-7,16H2,1-4H3,(H,34,35)(H,36,37)(H,39,40)/t23-,26-/m0/s1. The van der Waals surface area contributed by atoms with Gasteiger partial charge in [-0.2, -0.15) is 0 Å². The first-order chi connectivity index (χ1) is 20.0. The number of rotatable bonds is 6. The van der Waals surface area contributed by atoms with Gasteiger partial charge in [-0.05, 0) is 81.3 Å². The van der Waals surface area contributed by atoms with E-state index in [2.05, 4.69) is 32.9 Å². The molecule has 42 heavy (non-hydrogen) atoms. The number of likely N-dealkylation sites (tertiary alicyclic amines) is 1. The molecule has 1 aliphatic heterocycles. The lowest BCUT2D eigenvalue weighted by Gasteiger charge is -2.27. The molecule has 0 radical (unpaired) electrons. The van der Waals surface area contributed by atoms with Gasteiger partial charge in [0.15, 0.2) is 0 Å². The molecule has 0 spiro atoms. The van der Waals surface area contributed by atoms with Crippen molar-refractivity contribution >= 4 is 28.8 Å². The van der Waals surface area contributed by atoms with Gasteiger partial charge in [0.2, 0.25) is 0 Å². The van der Waals surface area contributed by atoms with Crippen molar-refractivity contribution in [2.75, 3.05) is 6.54 Å². The Kier molecular flexibility index (Phi) is 7.85. The summed E-state index contributed by atoms with van der Waals surface area (Å²) in [5, 5.41) is 16.9. The maximum atomic E-state index is 12.8. The zero-order valence-corrected chi connectivity index (χ0v) is 24.1. The summed E-state index contributed by atoms with van der Waals surface area (Å²) in [6.07, 6.45) is 3.42. The van der Waals surface area contributed by atoms with Gasteiger partial charge in [0.1, 0.15) is 28.7 Å². The van der Waals surface area contributed by atoms with Gasteiger partial charge in [0.25, 0.3) is 0 Å². The summed E-state index contributed by atoms with van der Waals surface area (Å²) in [6.45, 7) is 8.07. The van der Waals surface area contributed by atoms with Crippen LogP contribution in [0.25, 0.3) is 22.2 Å². The summed E-state index contributed by atoms with van der Waals surface area (Å²) in [5.41, 5.74) is 4.22. The van der Waals surface area contributed by atoms with Crippen LogP contribution in [0, 0.1) is 17.3 Å². The molecule has 216 valence electrons. The van der Waals surface area contributed by atoms with Crippen LogP contribution in [0.3, 0.4) is 0 Å². The normalized spacial score (nSPS) is 15.7. The molecule has 2 aromatic carbocycles. The van der Waals surface area contributed by atoms with Crippen molar-refractivity contribution < 1.29 is 19.4 Å². The summed E-state index contributed by atoms with van der Waals surface area (Å²) in [5.74, 6) is 5.46. The van der Waals surface area contributed by atoms with Gasteiger partial charge in [0, 0.05) is 12.1 Å². The molecule has 2 atom stereocenters. The van der Waals surface area contributed by atoms with Gasteiger partial charge >= 0.3 is 12.1 Å². The fraction of sp³-hybridized carbons (Fsp3) is 0.344. The Morgan fingerprint density at radius 1 is 1.14 bits per heavy atom. The molecule has 5 rings (SSSR count). The van der Waals surface area contributed by atoms with Crippen LogP contribution in [-0.2, 0) is 9.53 Å². The van der Waals surface area contributed by atoms with Gasteiger partial charge in [-0.3, -0.25) is 10.3 Å². The molecule has 1 saturated heterocycles.